The second-order valence-corrected chi connectivity index (χ2v) is 6.06. The summed E-state index contributed by atoms with van der Waals surface area (Å²) in [5.41, 5.74) is 4.26. The Kier molecular flexibility index (Phi) is 5.29. The molecule has 3 aromatic rings. The van der Waals surface area contributed by atoms with Crippen molar-refractivity contribution in [2.24, 2.45) is 0 Å². The third-order valence-corrected chi connectivity index (χ3v) is 4.05. The van der Waals surface area contributed by atoms with E-state index in [0.29, 0.717) is 17.9 Å². The molecule has 0 spiro atoms. The highest BCUT2D eigenvalue weighted by Crippen LogP contribution is 2.20. The summed E-state index contributed by atoms with van der Waals surface area (Å²) in [6.45, 7) is 0. The molecule has 0 aliphatic rings. The van der Waals surface area contributed by atoms with Crippen LogP contribution in [0, 0.1) is 0 Å². The molecule has 3 heteroatoms. The van der Waals surface area contributed by atoms with Crippen LogP contribution >= 0.6 is 11.6 Å². The monoisotopic (exact) mass is 335 g/mol. The standard InChI is InChI=1S/C21H18ClNO/c22-19-7-4-8-20(15-19)23-21(24)14-11-16-9-12-18(13-10-16)17-5-2-1-3-6-17/h1-10,12-13,15H,11,14H2,(H,23,24). The zero-order valence-corrected chi connectivity index (χ0v) is 14.0. The summed E-state index contributed by atoms with van der Waals surface area (Å²) in [6, 6.07) is 25.8. The van der Waals surface area contributed by atoms with Crippen LogP contribution in [0.1, 0.15) is 12.0 Å². The average molecular weight is 336 g/mol. The van der Waals surface area contributed by atoms with Crippen molar-refractivity contribution in [3.05, 3.63) is 89.4 Å². The molecule has 0 fully saturated rings. The van der Waals surface area contributed by atoms with Crippen LogP contribution < -0.4 is 5.32 Å². The fourth-order valence-corrected chi connectivity index (χ4v) is 2.73. The molecule has 0 saturated carbocycles. The number of amides is 1. The minimum atomic E-state index is -0.00981. The van der Waals surface area contributed by atoms with Crippen LogP contribution in [0.15, 0.2) is 78.9 Å². The van der Waals surface area contributed by atoms with Crippen LogP contribution in [0.2, 0.25) is 5.02 Å². The van der Waals surface area contributed by atoms with Crippen LogP contribution in [0.5, 0.6) is 0 Å². The molecule has 0 aliphatic carbocycles. The van der Waals surface area contributed by atoms with Crippen LogP contribution in [-0.2, 0) is 11.2 Å². The van der Waals surface area contributed by atoms with Crippen LogP contribution in [0.3, 0.4) is 0 Å². The van der Waals surface area contributed by atoms with Gasteiger partial charge in [-0.15, -0.1) is 0 Å². The molecule has 120 valence electrons. The Hall–Kier alpha value is -2.58. The number of nitrogens with one attached hydrogen (secondary N) is 1. The highest BCUT2D eigenvalue weighted by molar-refractivity contribution is 6.30. The van der Waals surface area contributed by atoms with Gasteiger partial charge in [0.05, 0.1) is 0 Å². The van der Waals surface area contributed by atoms with Crippen molar-refractivity contribution < 1.29 is 4.79 Å². The molecule has 0 atom stereocenters. The fraction of sp³-hybridized carbons (Fsp3) is 0.0952. The lowest BCUT2D eigenvalue weighted by Gasteiger charge is -2.07. The number of hydrogen-bond donors (Lipinski definition) is 1. The Morgan fingerprint density at radius 3 is 2.25 bits per heavy atom. The molecule has 0 bridgehead atoms. The van der Waals surface area contributed by atoms with Crippen molar-refractivity contribution in [1.82, 2.24) is 0 Å². The van der Waals surface area contributed by atoms with Gasteiger partial charge in [-0.25, -0.2) is 0 Å². The summed E-state index contributed by atoms with van der Waals surface area (Å²) in [7, 11) is 0. The van der Waals surface area contributed by atoms with Gasteiger partial charge in [-0.3, -0.25) is 4.79 Å². The molecule has 3 aromatic carbocycles. The number of rotatable bonds is 5. The minimum Gasteiger partial charge on any atom is -0.326 e. The van der Waals surface area contributed by atoms with Crippen molar-refractivity contribution in [2.45, 2.75) is 12.8 Å². The van der Waals surface area contributed by atoms with Gasteiger partial charge >= 0.3 is 0 Å². The molecule has 1 amide bonds. The Bertz CT molecular complexity index is 813. The third-order valence-electron chi connectivity index (χ3n) is 3.81. The van der Waals surface area contributed by atoms with Gasteiger partial charge in [-0.2, -0.15) is 0 Å². The van der Waals surface area contributed by atoms with Gasteiger partial charge in [0.2, 0.25) is 5.91 Å². The van der Waals surface area contributed by atoms with Crippen molar-refractivity contribution in [3.8, 4) is 11.1 Å². The number of benzene rings is 3. The van der Waals surface area contributed by atoms with Crippen molar-refractivity contribution in [1.29, 1.82) is 0 Å². The van der Waals surface area contributed by atoms with E-state index in [-0.39, 0.29) is 5.91 Å². The van der Waals surface area contributed by atoms with E-state index in [1.807, 2.05) is 30.3 Å². The second-order valence-electron chi connectivity index (χ2n) is 5.62. The average Bonchev–Trinajstić information content (AvgIpc) is 2.61. The zero-order valence-electron chi connectivity index (χ0n) is 13.2. The maximum absolute atomic E-state index is 12.0. The number of halogens is 1. The third kappa shape index (κ3) is 4.46. The predicted molar refractivity (Wildman–Crippen MR) is 100 cm³/mol. The van der Waals surface area contributed by atoms with Gasteiger partial charge in [-0.1, -0.05) is 72.3 Å². The molecular formula is C21H18ClNO. The molecule has 24 heavy (non-hydrogen) atoms. The molecule has 0 saturated heterocycles. The highest BCUT2D eigenvalue weighted by atomic mass is 35.5. The quantitative estimate of drug-likeness (QED) is 0.648. The summed E-state index contributed by atoms with van der Waals surface area (Å²) in [6.07, 6.45) is 1.15. The summed E-state index contributed by atoms with van der Waals surface area (Å²) >= 11 is 5.92. The fourth-order valence-electron chi connectivity index (χ4n) is 2.54. The minimum absolute atomic E-state index is 0.00981. The van der Waals surface area contributed by atoms with Gasteiger partial charge < -0.3 is 5.32 Å². The first-order valence-electron chi connectivity index (χ1n) is 7.90. The maximum Gasteiger partial charge on any atom is 0.224 e. The van der Waals surface area contributed by atoms with E-state index in [1.54, 1.807) is 12.1 Å². The first-order chi connectivity index (χ1) is 11.7. The lowest BCUT2D eigenvalue weighted by Crippen LogP contribution is -2.12. The van der Waals surface area contributed by atoms with E-state index in [4.69, 9.17) is 11.6 Å². The van der Waals surface area contributed by atoms with Crippen LogP contribution in [-0.4, -0.2) is 5.91 Å². The molecular weight excluding hydrogens is 318 g/mol. The predicted octanol–water partition coefficient (Wildman–Crippen LogP) is 5.58. The van der Waals surface area contributed by atoms with Crippen molar-refractivity contribution in [3.63, 3.8) is 0 Å². The van der Waals surface area contributed by atoms with Gasteiger partial charge in [0.25, 0.3) is 0 Å². The number of carbonyl (C=O) groups excluding carboxylic acids is 1. The molecule has 0 aliphatic heterocycles. The van der Waals surface area contributed by atoms with Gasteiger partial charge in [0.15, 0.2) is 0 Å². The van der Waals surface area contributed by atoms with Gasteiger partial charge in [0.1, 0.15) is 0 Å². The number of hydrogen-bond acceptors (Lipinski definition) is 1. The Morgan fingerprint density at radius 2 is 1.54 bits per heavy atom. The van der Waals surface area contributed by atoms with Crippen LogP contribution in [0.25, 0.3) is 11.1 Å². The van der Waals surface area contributed by atoms with E-state index < -0.39 is 0 Å². The maximum atomic E-state index is 12.0. The molecule has 0 aromatic heterocycles. The first kappa shape index (κ1) is 16.3. The topological polar surface area (TPSA) is 29.1 Å². The zero-order chi connectivity index (χ0) is 16.8. The highest BCUT2D eigenvalue weighted by Gasteiger charge is 2.04. The summed E-state index contributed by atoms with van der Waals surface area (Å²) in [4.78, 5) is 12.0. The van der Waals surface area contributed by atoms with Gasteiger partial charge in [-0.05, 0) is 41.3 Å². The van der Waals surface area contributed by atoms with Crippen molar-refractivity contribution >= 4 is 23.2 Å². The first-order valence-corrected chi connectivity index (χ1v) is 8.28. The summed E-state index contributed by atoms with van der Waals surface area (Å²) in [5, 5.41) is 3.48. The molecule has 0 radical (unpaired) electrons. The van der Waals surface area contributed by atoms with Crippen LogP contribution in [0.4, 0.5) is 5.69 Å². The molecule has 0 unspecified atom stereocenters. The normalized spacial score (nSPS) is 10.4. The van der Waals surface area contributed by atoms with Crippen molar-refractivity contribution in [2.75, 3.05) is 5.32 Å². The molecule has 3 rings (SSSR count). The molecule has 1 N–H and O–H groups in total. The number of anilines is 1. The molecule has 0 heterocycles. The number of carbonyl (C=O) groups is 1. The Labute approximate surface area is 147 Å². The smallest absolute Gasteiger partial charge is 0.224 e. The second kappa shape index (κ2) is 7.80. The van der Waals surface area contributed by atoms with E-state index in [1.165, 1.54) is 11.1 Å². The van der Waals surface area contributed by atoms with E-state index in [9.17, 15) is 4.79 Å². The van der Waals surface area contributed by atoms with E-state index in [0.717, 1.165) is 11.3 Å². The lowest BCUT2D eigenvalue weighted by atomic mass is 10.0. The summed E-state index contributed by atoms with van der Waals surface area (Å²) in [5.74, 6) is -0.00981. The van der Waals surface area contributed by atoms with Gasteiger partial charge in [0, 0.05) is 17.1 Å². The lowest BCUT2D eigenvalue weighted by molar-refractivity contribution is -0.116. The van der Waals surface area contributed by atoms with E-state index in [2.05, 4.69) is 41.7 Å². The number of aryl methyl sites for hydroxylation is 1. The van der Waals surface area contributed by atoms with E-state index >= 15 is 0 Å². The molecule has 2 nitrogen and oxygen atoms in total. The Morgan fingerprint density at radius 1 is 0.833 bits per heavy atom. The summed E-state index contributed by atoms with van der Waals surface area (Å²) < 4.78 is 0. The SMILES string of the molecule is O=C(CCc1ccc(-c2ccccc2)cc1)Nc1cccc(Cl)c1. The Balaban J connectivity index is 1.56. The largest absolute Gasteiger partial charge is 0.326 e.